The lowest BCUT2D eigenvalue weighted by Gasteiger charge is -2.15. The standard InChI is InChI=1S/C12H13NO6/c1-6(11(14)13-2)19-8-4-10-9(17-5-18-10)3-7(8)12(15)16/h3-4,6H,5H2,1-2H3,(H,13,14)(H,15,16). The van der Waals surface area contributed by atoms with Crippen LogP contribution in [0.2, 0.25) is 0 Å². The number of aromatic carboxylic acids is 1. The van der Waals surface area contributed by atoms with E-state index in [1.807, 2.05) is 0 Å². The van der Waals surface area contributed by atoms with Gasteiger partial charge < -0.3 is 24.6 Å². The van der Waals surface area contributed by atoms with Crippen molar-refractivity contribution in [3.8, 4) is 17.2 Å². The molecule has 1 atom stereocenters. The molecule has 0 fully saturated rings. The highest BCUT2D eigenvalue weighted by Gasteiger charge is 2.24. The summed E-state index contributed by atoms with van der Waals surface area (Å²) < 4.78 is 15.6. The van der Waals surface area contributed by atoms with Crippen molar-refractivity contribution in [2.75, 3.05) is 13.8 Å². The fraction of sp³-hybridized carbons (Fsp3) is 0.333. The Bertz CT molecular complexity index is 527. The monoisotopic (exact) mass is 267 g/mol. The minimum atomic E-state index is -1.17. The molecule has 0 radical (unpaired) electrons. The first kappa shape index (κ1) is 13.0. The number of carbonyl (C=O) groups is 2. The second-order valence-electron chi connectivity index (χ2n) is 3.88. The molecule has 0 saturated carbocycles. The van der Waals surface area contributed by atoms with Crippen molar-refractivity contribution in [2.45, 2.75) is 13.0 Å². The third-order valence-corrected chi connectivity index (χ3v) is 2.62. The number of fused-ring (bicyclic) bond motifs is 1. The summed E-state index contributed by atoms with van der Waals surface area (Å²) in [5.41, 5.74) is -0.0833. The highest BCUT2D eigenvalue weighted by Crippen LogP contribution is 2.38. The third-order valence-electron chi connectivity index (χ3n) is 2.62. The van der Waals surface area contributed by atoms with Gasteiger partial charge in [-0.05, 0) is 6.92 Å². The molecule has 1 aromatic rings. The molecule has 0 saturated heterocycles. The molecule has 0 spiro atoms. The molecule has 0 bridgehead atoms. The highest BCUT2D eigenvalue weighted by molar-refractivity contribution is 5.92. The van der Waals surface area contributed by atoms with Gasteiger partial charge in [0, 0.05) is 19.2 Å². The number of amides is 1. The number of likely N-dealkylation sites (N-methyl/N-ethyl adjacent to an activating group) is 1. The lowest BCUT2D eigenvalue weighted by atomic mass is 10.1. The summed E-state index contributed by atoms with van der Waals surface area (Å²) in [5, 5.41) is 11.5. The molecular weight excluding hydrogens is 254 g/mol. The van der Waals surface area contributed by atoms with Crippen molar-refractivity contribution in [3.05, 3.63) is 17.7 Å². The summed E-state index contributed by atoms with van der Waals surface area (Å²) in [6.45, 7) is 1.55. The number of hydrogen-bond donors (Lipinski definition) is 2. The van der Waals surface area contributed by atoms with Crippen LogP contribution >= 0.6 is 0 Å². The maximum absolute atomic E-state index is 11.4. The Labute approximate surface area is 109 Å². The third kappa shape index (κ3) is 2.54. The Balaban J connectivity index is 2.33. The average Bonchev–Trinajstić information content (AvgIpc) is 2.83. The zero-order chi connectivity index (χ0) is 14.0. The Hall–Kier alpha value is -2.44. The Morgan fingerprint density at radius 2 is 2.00 bits per heavy atom. The molecular formula is C12H13NO6. The predicted molar refractivity (Wildman–Crippen MR) is 63.7 cm³/mol. The van der Waals surface area contributed by atoms with Crippen LogP contribution in [0.15, 0.2) is 12.1 Å². The van der Waals surface area contributed by atoms with Crippen molar-refractivity contribution >= 4 is 11.9 Å². The summed E-state index contributed by atoms with van der Waals surface area (Å²) in [7, 11) is 1.47. The van der Waals surface area contributed by atoms with Gasteiger partial charge in [-0.3, -0.25) is 4.79 Å². The van der Waals surface area contributed by atoms with Crippen molar-refractivity contribution in [2.24, 2.45) is 0 Å². The Morgan fingerprint density at radius 1 is 1.37 bits per heavy atom. The lowest BCUT2D eigenvalue weighted by Crippen LogP contribution is -2.34. The van der Waals surface area contributed by atoms with Crippen LogP contribution < -0.4 is 19.5 Å². The largest absolute Gasteiger partial charge is 0.480 e. The zero-order valence-corrected chi connectivity index (χ0v) is 10.4. The van der Waals surface area contributed by atoms with Crippen LogP contribution in [0.3, 0.4) is 0 Å². The molecule has 0 aromatic heterocycles. The van der Waals surface area contributed by atoms with E-state index in [9.17, 15) is 9.59 Å². The summed E-state index contributed by atoms with van der Waals surface area (Å²) in [4.78, 5) is 22.6. The fourth-order valence-corrected chi connectivity index (χ4v) is 1.64. The van der Waals surface area contributed by atoms with E-state index >= 15 is 0 Å². The van der Waals surface area contributed by atoms with Gasteiger partial charge in [0.05, 0.1) is 0 Å². The van der Waals surface area contributed by atoms with Gasteiger partial charge in [-0.1, -0.05) is 0 Å². The lowest BCUT2D eigenvalue weighted by molar-refractivity contribution is -0.126. The number of ether oxygens (including phenoxy) is 3. The molecule has 2 rings (SSSR count). The molecule has 19 heavy (non-hydrogen) atoms. The number of carboxylic acids is 1. The molecule has 102 valence electrons. The van der Waals surface area contributed by atoms with E-state index in [0.29, 0.717) is 11.5 Å². The highest BCUT2D eigenvalue weighted by atomic mass is 16.7. The Kier molecular flexibility index (Phi) is 3.46. The van der Waals surface area contributed by atoms with Crippen LogP contribution in [0.5, 0.6) is 17.2 Å². The van der Waals surface area contributed by atoms with E-state index in [4.69, 9.17) is 19.3 Å². The minimum absolute atomic E-state index is 0.0306. The molecule has 1 aromatic carbocycles. The fourth-order valence-electron chi connectivity index (χ4n) is 1.64. The molecule has 1 aliphatic rings. The summed E-state index contributed by atoms with van der Waals surface area (Å²) in [6.07, 6.45) is -0.816. The smallest absolute Gasteiger partial charge is 0.339 e. The quantitative estimate of drug-likeness (QED) is 0.830. The van der Waals surface area contributed by atoms with Gasteiger partial charge in [-0.2, -0.15) is 0 Å². The van der Waals surface area contributed by atoms with Crippen LogP contribution in [0.25, 0.3) is 0 Å². The van der Waals surface area contributed by atoms with Gasteiger partial charge in [0.15, 0.2) is 17.6 Å². The maximum atomic E-state index is 11.4. The molecule has 7 nitrogen and oxygen atoms in total. The molecule has 1 unspecified atom stereocenters. The van der Waals surface area contributed by atoms with Crippen molar-refractivity contribution in [1.82, 2.24) is 5.32 Å². The summed E-state index contributed by atoms with van der Waals surface area (Å²) in [6, 6.07) is 2.72. The summed E-state index contributed by atoms with van der Waals surface area (Å²) in [5.74, 6) is -0.722. The first-order valence-corrected chi connectivity index (χ1v) is 5.58. The topological polar surface area (TPSA) is 94.1 Å². The van der Waals surface area contributed by atoms with Gasteiger partial charge in [0.25, 0.3) is 5.91 Å². The van der Waals surface area contributed by atoms with Crippen molar-refractivity contribution in [1.29, 1.82) is 0 Å². The Morgan fingerprint density at radius 3 is 2.58 bits per heavy atom. The van der Waals surface area contributed by atoms with E-state index < -0.39 is 12.1 Å². The van der Waals surface area contributed by atoms with E-state index in [2.05, 4.69) is 5.32 Å². The number of hydrogen-bond acceptors (Lipinski definition) is 5. The van der Waals surface area contributed by atoms with E-state index in [1.54, 1.807) is 0 Å². The number of nitrogens with one attached hydrogen (secondary N) is 1. The van der Waals surface area contributed by atoms with Crippen LogP contribution in [-0.2, 0) is 4.79 Å². The minimum Gasteiger partial charge on any atom is -0.480 e. The number of carboxylic acid groups (broad SMARTS) is 1. The first-order chi connectivity index (χ1) is 9.02. The number of rotatable bonds is 4. The van der Waals surface area contributed by atoms with Crippen molar-refractivity contribution in [3.63, 3.8) is 0 Å². The predicted octanol–water partition coefficient (Wildman–Crippen LogP) is 0.627. The SMILES string of the molecule is CNC(=O)C(C)Oc1cc2c(cc1C(=O)O)OCO2. The number of carbonyl (C=O) groups excluding carboxylic acids is 1. The normalized spacial score (nSPS) is 13.8. The molecule has 7 heteroatoms. The van der Waals surface area contributed by atoms with Crippen LogP contribution in [0, 0.1) is 0 Å². The molecule has 0 aliphatic carbocycles. The van der Waals surface area contributed by atoms with Gasteiger partial charge in [-0.15, -0.1) is 0 Å². The van der Waals surface area contributed by atoms with E-state index in [0.717, 1.165) is 0 Å². The van der Waals surface area contributed by atoms with Crippen LogP contribution in [-0.4, -0.2) is 36.9 Å². The van der Waals surface area contributed by atoms with E-state index in [-0.39, 0.29) is 24.0 Å². The molecule has 1 heterocycles. The second kappa shape index (κ2) is 5.05. The van der Waals surface area contributed by atoms with E-state index in [1.165, 1.54) is 26.1 Å². The second-order valence-corrected chi connectivity index (χ2v) is 3.88. The molecule has 1 amide bonds. The van der Waals surface area contributed by atoms with Crippen molar-refractivity contribution < 1.29 is 28.9 Å². The number of benzene rings is 1. The van der Waals surface area contributed by atoms with Gasteiger partial charge in [0.2, 0.25) is 6.79 Å². The van der Waals surface area contributed by atoms with Crippen LogP contribution in [0.4, 0.5) is 0 Å². The van der Waals surface area contributed by atoms with Gasteiger partial charge in [-0.25, -0.2) is 4.79 Å². The first-order valence-electron chi connectivity index (χ1n) is 5.58. The molecule has 2 N–H and O–H groups in total. The summed E-state index contributed by atoms with van der Waals surface area (Å²) >= 11 is 0. The van der Waals surface area contributed by atoms with Crippen LogP contribution in [0.1, 0.15) is 17.3 Å². The average molecular weight is 267 g/mol. The van der Waals surface area contributed by atoms with Gasteiger partial charge >= 0.3 is 5.97 Å². The van der Waals surface area contributed by atoms with Gasteiger partial charge in [0.1, 0.15) is 11.3 Å². The molecule has 1 aliphatic heterocycles. The zero-order valence-electron chi connectivity index (χ0n) is 10.4. The maximum Gasteiger partial charge on any atom is 0.339 e.